The van der Waals surface area contributed by atoms with Gasteiger partial charge in [-0.25, -0.2) is 14.5 Å². The van der Waals surface area contributed by atoms with E-state index >= 15 is 0 Å². The van der Waals surface area contributed by atoms with E-state index in [1.807, 2.05) is 37.3 Å². The summed E-state index contributed by atoms with van der Waals surface area (Å²) in [7, 11) is -4.87. The van der Waals surface area contributed by atoms with Crippen molar-refractivity contribution in [2.75, 3.05) is 11.1 Å². The highest BCUT2D eigenvalue weighted by molar-refractivity contribution is 7.44. The van der Waals surface area contributed by atoms with Crippen LogP contribution >= 0.6 is 7.82 Å². The number of hydrogen-bond donors (Lipinski definition) is 3. The molecule has 0 fully saturated rings. The van der Waals surface area contributed by atoms with Crippen LogP contribution in [0.15, 0.2) is 65.4 Å². The molecule has 1 aromatic carbocycles. The van der Waals surface area contributed by atoms with Gasteiger partial charge in [-0.05, 0) is 36.2 Å². The maximum Gasteiger partial charge on any atom is 0.285 e. The minimum absolute atomic E-state index is 0.203. The summed E-state index contributed by atoms with van der Waals surface area (Å²) in [6.45, 7) is 2.02. The summed E-state index contributed by atoms with van der Waals surface area (Å²) >= 11 is 0. The van der Waals surface area contributed by atoms with Crippen LogP contribution in [0.5, 0.6) is 0 Å². The molecule has 1 unspecified atom stereocenters. The van der Waals surface area contributed by atoms with Gasteiger partial charge in [-0.2, -0.15) is 0 Å². The Bertz CT molecular complexity index is 1320. The number of nitrogen functional groups attached to an aromatic ring is 1. The molecule has 34 heavy (non-hydrogen) atoms. The van der Waals surface area contributed by atoms with Gasteiger partial charge in [0, 0.05) is 25.2 Å². The normalized spacial score (nSPS) is 12.9. The number of aryl methyl sites for hydroxylation is 1. The van der Waals surface area contributed by atoms with Crippen molar-refractivity contribution in [2.24, 2.45) is 0 Å². The molecule has 176 valence electrons. The van der Waals surface area contributed by atoms with E-state index in [2.05, 4.69) is 25.0 Å². The summed E-state index contributed by atoms with van der Waals surface area (Å²) in [4.78, 5) is 28.1. The van der Waals surface area contributed by atoms with E-state index in [4.69, 9.17) is 15.2 Å². The van der Waals surface area contributed by atoms with Gasteiger partial charge in [0.1, 0.15) is 17.2 Å². The molecular weight excluding hydrogens is 459 g/mol. The van der Waals surface area contributed by atoms with Gasteiger partial charge in [-0.1, -0.05) is 29.4 Å². The smallest absolute Gasteiger partial charge is 0.285 e. The maximum atomic E-state index is 10.9. The van der Waals surface area contributed by atoms with Crippen molar-refractivity contribution < 1.29 is 28.0 Å². The predicted molar refractivity (Wildman–Crippen MR) is 121 cm³/mol. The van der Waals surface area contributed by atoms with Crippen molar-refractivity contribution in [3.05, 3.63) is 83.6 Å². The Kier molecular flexibility index (Phi) is 6.99. The van der Waals surface area contributed by atoms with Crippen LogP contribution in [0, 0.1) is 6.92 Å². The number of aromatic nitrogens is 4. The van der Waals surface area contributed by atoms with Crippen molar-refractivity contribution in [3.8, 4) is 11.3 Å². The first-order chi connectivity index (χ1) is 16.3. The van der Waals surface area contributed by atoms with Gasteiger partial charge in [0.2, 0.25) is 0 Å². The first kappa shape index (κ1) is 23.5. The number of hydrogen-bond acceptors (Lipinski definition) is 9. The molecule has 0 radical (unpaired) electrons. The van der Waals surface area contributed by atoms with Crippen LogP contribution in [0.1, 0.15) is 22.6 Å². The van der Waals surface area contributed by atoms with Gasteiger partial charge in [0.15, 0.2) is 12.5 Å². The van der Waals surface area contributed by atoms with Gasteiger partial charge in [-0.3, -0.25) is 14.8 Å². The Labute approximate surface area is 195 Å². The zero-order valence-corrected chi connectivity index (χ0v) is 19.2. The third-order valence-corrected chi connectivity index (χ3v) is 5.40. The minimum Gasteiger partial charge on any atom is -0.756 e. The zero-order chi connectivity index (χ0) is 24.1. The van der Waals surface area contributed by atoms with Crippen LogP contribution in [0.2, 0.25) is 0 Å². The first-order valence-corrected chi connectivity index (χ1v) is 11.8. The largest absolute Gasteiger partial charge is 0.756 e. The average Bonchev–Trinajstić information content (AvgIpc) is 3.25. The first-order valence-electron chi connectivity index (χ1n) is 10.3. The number of benzene rings is 1. The Hall–Kier alpha value is -3.63. The third kappa shape index (κ3) is 6.24. The number of pyridine rings is 1. The van der Waals surface area contributed by atoms with Gasteiger partial charge < -0.3 is 19.6 Å². The van der Waals surface area contributed by atoms with Crippen molar-refractivity contribution in [3.63, 3.8) is 0 Å². The summed E-state index contributed by atoms with van der Waals surface area (Å²) in [5.74, 6) is 2.12. The van der Waals surface area contributed by atoms with E-state index in [1.165, 1.54) is 10.8 Å². The SMILES string of the molecule is Cc1nccc(NCc2ccc(Cc3cc(-c4ccc[n+](COP(=O)([O-])O)c4N)on3)cc2)n1. The number of nitrogens with one attached hydrogen (secondary N) is 1. The third-order valence-electron chi connectivity index (χ3n) is 4.96. The monoisotopic (exact) mass is 482 g/mol. The van der Waals surface area contributed by atoms with Gasteiger partial charge in [0.05, 0.1) is 11.9 Å². The van der Waals surface area contributed by atoms with Crippen LogP contribution in [-0.4, -0.2) is 20.0 Å². The molecule has 3 aromatic heterocycles. The van der Waals surface area contributed by atoms with Crippen LogP contribution in [-0.2, 0) is 28.8 Å². The summed E-state index contributed by atoms with van der Waals surface area (Å²) < 4.78 is 22.0. The fourth-order valence-electron chi connectivity index (χ4n) is 3.27. The molecule has 4 aromatic rings. The second kappa shape index (κ2) is 10.1. The molecule has 3 heterocycles. The van der Waals surface area contributed by atoms with E-state index in [1.54, 1.807) is 24.4 Å². The van der Waals surface area contributed by atoms with E-state index in [0.717, 1.165) is 16.9 Å². The van der Waals surface area contributed by atoms with E-state index in [0.29, 0.717) is 35.8 Å². The highest BCUT2D eigenvalue weighted by atomic mass is 31.2. The molecule has 0 aliphatic heterocycles. The summed E-state index contributed by atoms with van der Waals surface area (Å²) in [5, 5.41) is 7.39. The molecular formula is C22H23N6O5P. The van der Waals surface area contributed by atoms with Crippen LogP contribution < -0.4 is 20.5 Å². The summed E-state index contributed by atoms with van der Waals surface area (Å²) in [6.07, 6.45) is 3.80. The lowest BCUT2D eigenvalue weighted by Gasteiger charge is -2.14. The molecule has 4 N–H and O–H groups in total. The molecule has 0 aliphatic rings. The topological polar surface area (TPSA) is 163 Å². The summed E-state index contributed by atoms with van der Waals surface area (Å²) in [6, 6.07) is 15.1. The van der Waals surface area contributed by atoms with E-state index < -0.39 is 14.6 Å². The number of nitrogens with two attached hydrogens (primary N) is 1. The Morgan fingerprint density at radius 2 is 2.00 bits per heavy atom. The van der Waals surface area contributed by atoms with Gasteiger partial charge in [-0.15, -0.1) is 0 Å². The summed E-state index contributed by atoms with van der Waals surface area (Å²) in [5.41, 5.74) is 9.50. The highest BCUT2D eigenvalue weighted by Gasteiger charge is 2.18. The molecule has 4 rings (SSSR count). The lowest BCUT2D eigenvalue weighted by atomic mass is 10.1. The standard InChI is InChI=1S/C22H23N6O5P/c1-15-24-9-8-21(26-15)25-13-17-6-4-16(5-7-17)11-18-12-20(33-27-18)19-3-2-10-28(22(19)23)14-32-34(29,30)31/h2-10,12,23H,11,13-14H2,1H3,(H3,24,25,26,29,30,31). The number of phosphoric acid groups is 1. The maximum absolute atomic E-state index is 10.9. The molecule has 0 aliphatic carbocycles. The van der Waals surface area contributed by atoms with Crippen molar-refractivity contribution in [2.45, 2.75) is 26.6 Å². The zero-order valence-electron chi connectivity index (χ0n) is 18.3. The fraction of sp³-hybridized carbons (Fsp3) is 0.182. The second-order valence-corrected chi connectivity index (χ2v) is 8.72. The molecule has 0 bridgehead atoms. The molecule has 0 amide bonds. The molecule has 0 saturated heterocycles. The number of rotatable bonds is 9. The van der Waals surface area contributed by atoms with E-state index in [9.17, 15) is 9.46 Å². The Balaban J connectivity index is 1.40. The Morgan fingerprint density at radius 3 is 2.74 bits per heavy atom. The quantitative estimate of drug-likeness (QED) is 0.237. The van der Waals surface area contributed by atoms with Crippen LogP contribution in [0.4, 0.5) is 11.6 Å². The van der Waals surface area contributed by atoms with Crippen molar-refractivity contribution >= 4 is 19.5 Å². The number of phosphoric ester groups is 1. The minimum atomic E-state index is -4.87. The lowest BCUT2D eigenvalue weighted by Crippen LogP contribution is -2.38. The lowest BCUT2D eigenvalue weighted by molar-refractivity contribution is -0.712. The van der Waals surface area contributed by atoms with Crippen molar-refractivity contribution in [1.29, 1.82) is 0 Å². The number of nitrogens with zero attached hydrogens (tertiary/aromatic N) is 4. The molecule has 0 saturated carbocycles. The van der Waals surface area contributed by atoms with Crippen LogP contribution in [0.3, 0.4) is 0 Å². The Morgan fingerprint density at radius 1 is 1.24 bits per heavy atom. The molecule has 0 spiro atoms. The molecule has 11 nitrogen and oxygen atoms in total. The van der Waals surface area contributed by atoms with Crippen LogP contribution in [0.25, 0.3) is 11.3 Å². The van der Waals surface area contributed by atoms with Gasteiger partial charge in [0.25, 0.3) is 13.6 Å². The van der Waals surface area contributed by atoms with Crippen molar-refractivity contribution in [1.82, 2.24) is 15.1 Å². The van der Waals surface area contributed by atoms with Gasteiger partial charge >= 0.3 is 0 Å². The highest BCUT2D eigenvalue weighted by Crippen LogP contribution is 2.30. The van der Waals surface area contributed by atoms with E-state index in [-0.39, 0.29) is 5.82 Å². The molecule has 12 heteroatoms. The average molecular weight is 482 g/mol. The fourth-order valence-corrected chi connectivity index (χ4v) is 3.54. The predicted octanol–water partition coefficient (Wildman–Crippen LogP) is 1.95. The number of anilines is 2. The molecule has 1 atom stereocenters. The second-order valence-electron chi connectivity index (χ2n) is 7.52.